The minimum Gasteiger partial charge on any atom is -0.336 e. The minimum absolute atomic E-state index is 0.139. The van der Waals surface area contributed by atoms with Gasteiger partial charge in [-0.15, -0.1) is 0 Å². The van der Waals surface area contributed by atoms with Crippen LogP contribution in [0.15, 0.2) is 49.1 Å². The van der Waals surface area contributed by atoms with Crippen molar-refractivity contribution in [3.8, 4) is 11.3 Å². The molecule has 1 aliphatic carbocycles. The molecule has 1 saturated heterocycles. The highest BCUT2D eigenvalue weighted by Crippen LogP contribution is 2.48. The molecular weight excluding hydrogens is 541 g/mol. The predicted octanol–water partition coefficient (Wildman–Crippen LogP) is 6.70. The lowest BCUT2D eigenvalue weighted by Crippen LogP contribution is -2.55. The average Bonchev–Trinajstić information content (AvgIpc) is 3.58. The number of benzene rings is 1. The lowest BCUT2D eigenvalue weighted by Gasteiger charge is -2.46. The molecule has 4 aromatic rings. The van der Waals surface area contributed by atoms with Gasteiger partial charge in [-0.25, -0.2) is 14.4 Å². The summed E-state index contributed by atoms with van der Waals surface area (Å²) in [6.45, 7) is 15.2. The Bertz CT molecular complexity index is 1710. The third kappa shape index (κ3) is 4.51. The molecule has 2 aliphatic heterocycles. The molecule has 3 aromatic heterocycles. The topological polar surface area (TPSA) is 79.2 Å². The molecule has 2 atom stereocenters. The predicted molar refractivity (Wildman–Crippen MR) is 168 cm³/mol. The Balaban J connectivity index is 1.26. The van der Waals surface area contributed by atoms with Gasteiger partial charge in [0.05, 0.1) is 34.8 Å². The fourth-order valence-corrected chi connectivity index (χ4v) is 7.14. The molecule has 5 heterocycles. The number of rotatable bonds is 6. The smallest absolute Gasteiger partial charge is 0.237 e. The first-order valence-electron chi connectivity index (χ1n) is 15.5. The van der Waals surface area contributed by atoms with Crippen LogP contribution >= 0.6 is 0 Å². The molecule has 1 saturated carbocycles. The number of carbonyl (C=O) groups is 1. The summed E-state index contributed by atoms with van der Waals surface area (Å²) in [6, 6.07) is 10.7. The molecule has 0 unspecified atom stereocenters. The summed E-state index contributed by atoms with van der Waals surface area (Å²) in [5.74, 6) is 1.68. The van der Waals surface area contributed by atoms with E-state index < -0.39 is 11.2 Å². The number of anilines is 3. The van der Waals surface area contributed by atoms with Gasteiger partial charge in [0.15, 0.2) is 11.6 Å². The van der Waals surface area contributed by atoms with Gasteiger partial charge < -0.3 is 14.8 Å². The molecule has 43 heavy (non-hydrogen) atoms. The highest BCUT2D eigenvalue weighted by molar-refractivity contribution is 6.08. The van der Waals surface area contributed by atoms with Gasteiger partial charge in [0, 0.05) is 48.7 Å². The van der Waals surface area contributed by atoms with E-state index >= 15 is 0 Å². The van der Waals surface area contributed by atoms with Crippen LogP contribution in [0.1, 0.15) is 66.0 Å². The Morgan fingerprint density at radius 2 is 1.79 bits per heavy atom. The molecule has 1 aromatic carbocycles. The monoisotopic (exact) mass is 581 g/mol. The van der Waals surface area contributed by atoms with E-state index in [0.717, 1.165) is 65.6 Å². The first-order chi connectivity index (χ1) is 20.5. The Hall–Kier alpha value is -3.85. The van der Waals surface area contributed by atoms with Gasteiger partial charge >= 0.3 is 0 Å². The molecule has 2 fully saturated rings. The van der Waals surface area contributed by atoms with Crippen LogP contribution in [-0.2, 0) is 10.2 Å². The van der Waals surface area contributed by atoms with Crippen LogP contribution in [0.4, 0.5) is 21.6 Å². The zero-order chi connectivity index (χ0) is 30.2. The Labute approximate surface area is 252 Å². The lowest BCUT2D eigenvalue weighted by atomic mass is 9.83. The van der Waals surface area contributed by atoms with Crippen molar-refractivity contribution in [1.82, 2.24) is 24.4 Å². The zero-order valence-electron chi connectivity index (χ0n) is 25.8. The first-order valence-corrected chi connectivity index (χ1v) is 15.5. The highest BCUT2D eigenvalue weighted by atomic mass is 19.1. The summed E-state index contributed by atoms with van der Waals surface area (Å²) in [7, 11) is 0. The molecule has 0 bridgehead atoms. The van der Waals surface area contributed by atoms with Gasteiger partial charge in [-0.05, 0) is 76.1 Å². The maximum atomic E-state index is 14.6. The fourth-order valence-electron chi connectivity index (χ4n) is 7.14. The number of aromatic nitrogens is 4. The minimum atomic E-state index is -0.589. The second-order valence-electron chi connectivity index (χ2n) is 13.7. The zero-order valence-corrected chi connectivity index (χ0v) is 25.8. The number of fused-ring (bicyclic) bond motifs is 2. The SMILES string of the molecule is CC(C)n1cnc2cc(-c3ccc4c(c3)N([C@H]3C[C@@H](N5C[C@@H](C)[C@@H](C)C5)C3)C(=O)C4(C)C)nc(Nc3ccncc3F)c21. The van der Waals surface area contributed by atoms with Gasteiger partial charge in [0.2, 0.25) is 5.91 Å². The lowest BCUT2D eigenvalue weighted by molar-refractivity contribution is -0.123. The van der Waals surface area contributed by atoms with Gasteiger partial charge in [-0.2, -0.15) is 0 Å². The van der Waals surface area contributed by atoms with Crippen molar-refractivity contribution >= 4 is 34.1 Å². The van der Waals surface area contributed by atoms with E-state index in [9.17, 15) is 9.18 Å². The van der Waals surface area contributed by atoms with Crippen molar-refractivity contribution in [2.45, 2.75) is 77.9 Å². The van der Waals surface area contributed by atoms with Crippen molar-refractivity contribution < 1.29 is 9.18 Å². The molecule has 1 amide bonds. The highest BCUT2D eigenvalue weighted by Gasteiger charge is 2.50. The summed E-state index contributed by atoms with van der Waals surface area (Å²) >= 11 is 0. The number of likely N-dealkylation sites (tertiary alicyclic amines) is 1. The molecule has 3 aliphatic rings. The largest absolute Gasteiger partial charge is 0.336 e. The van der Waals surface area contributed by atoms with E-state index in [1.807, 2.05) is 30.5 Å². The van der Waals surface area contributed by atoms with E-state index in [-0.39, 0.29) is 18.0 Å². The van der Waals surface area contributed by atoms with Crippen molar-refractivity contribution in [1.29, 1.82) is 0 Å². The summed E-state index contributed by atoms with van der Waals surface area (Å²) in [5.41, 5.74) is 4.91. The molecule has 9 heteroatoms. The number of amides is 1. The number of hydrogen-bond acceptors (Lipinski definition) is 6. The third-order valence-electron chi connectivity index (χ3n) is 10.1. The van der Waals surface area contributed by atoms with Crippen molar-refractivity contribution in [3.63, 3.8) is 0 Å². The number of hydrogen-bond donors (Lipinski definition) is 1. The van der Waals surface area contributed by atoms with E-state index in [1.54, 1.807) is 18.6 Å². The Kier molecular flexibility index (Phi) is 6.57. The van der Waals surface area contributed by atoms with E-state index in [1.165, 1.54) is 6.20 Å². The maximum absolute atomic E-state index is 14.6. The van der Waals surface area contributed by atoms with Gasteiger partial charge in [0.25, 0.3) is 0 Å². The van der Waals surface area contributed by atoms with E-state index in [0.29, 0.717) is 23.2 Å². The summed E-state index contributed by atoms with van der Waals surface area (Å²) < 4.78 is 16.7. The van der Waals surface area contributed by atoms with E-state index in [4.69, 9.17) is 4.98 Å². The maximum Gasteiger partial charge on any atom is 0.237 e. The average molecular weight is 582 g/mol. The van der Waals surface area contributed by atoms with Crippen LogP contribution in [0, 0.1) is 17.7 Å². The second-order valence-corrected chi connectivity index (χ2v) is 13.7. The van der Waals surface area contributed by atoms with Crippen LogP contribution in [-0.4, -0.2) is 55.5 Å². The molecule has 8 nitrogen and oxygen atoms in total. The standard InChI is InChI=1S/C34H40FN7O/c1-19(2)41-18-37-29-14-28(39-32(31(29)41)38-27-9-10-36-15-26(27)35)22-7-8-25-30(11-22)42(33(43)34(25,5)6)24-12-23(13-24)40-16-20(3)21(4)17-40/h7-11,14-15,18-21,23-24H,12-13,16-17H2,1-6H3,(H,36,38,39)/t20-,21+,23-,24+. The van der Waals surface area contributed by atoms with Crippen LogP contribution in [0.3, 0.4) is 0 Å². The van der Waals surface area contributed by atoms with Gasteiger partial charge in [-0.3, -0.25) is 14.7 Å². The number of nitrogens with zero attached hydrogens (tertiary/aromatic N) is 6. The van der Waals surface area contributed by atoms with Gasteiger partial charge in [0.1, 0.15) is 5.52 Å². The number of carbonyl (C=O) groups excluding carboxylic acids is 1. The fraction of sp³-hybridized carbons (Fsp3) is 0.471. The number of pyridine rings is 2. The van der Waals surface area contributed by atoms with Crippen molar-refractivity contribution in [2.75, 3.05) is 23.3 Å². The molecule has 1 N–H and O–H groups in total. The molecule has 224 valence electrons. The van der Waals surface area contributed by atoms with Crippen molar-refractivity contribution in [2.24, 2.45) is 11.8 Å². The van der Waals surface area contributed by atoms with Gasteiger partial charge in [-0.1, -0.05) is 26.0 Å². The van der Waals surface area contributed by atoms with Crippen LogP contribution < -0.4 is 10.2 Å². The van der Waals surface area contributed by atoms with E-state index in [2.05, 4.69) is 64.9 Å². The summed E-state index contributed by atoms with van der Waals surface area (Å²) in [4.78, 5) is 32.1. The van der Waals surface area contributed by atoms with Crippen LogP contribution in [0.2, 0.25) is 0 Å². The van der Waals surface area contributed by atoms with Crippen LogP contribution in [0.25, 0.3) is 22.3 Å². The molecule has 7 rings (SSSR count). The number of imidazole rings is 1. The Morgan fingerprint density at radius 1 is 1.05 bits per heavy atom. The quantitative estimate of drug-likeness (QED) is 0.273. The second kappa shape index (κ2) is 10.1. The Morgan fingerprint density at radius 3 is 2.49 bits per heavy atom. The molecular formula is C34H40FN7O. The molecule has 0 spiro atoms. The van der Waals surface area contributed by atoms with Crippen molar-refractivity contribution in [3.05, 3.63) is 60.4 Å². The number of halogens is 1. The van der Waals surface area contributed by atoms with Crippen LogP contribution in [0.5, 0.6) is 0 Å². The normalized spacial score (nSPS) is 25.0. The first kappa shape index (κ1) is 28.0. The summed E-state index contributed by atoms with van der Waals surface area (Å²) in [6.07, 6.45) is 6.55. The molecule has 0 radical (unpaired) electrons. The summed E-state index contributed by atoms with van der Waals surface area (Å²) in [5, 5.41) is 3.21. The third-order valence-corrected chi connectivity index (χ3v) is 10.1. The number of nitrogens with one attached hydrogen (secondary N) is 1.